The highest BCUT2D eigenvalue weighted by molar-refractivity contribution is 5.92. The van der Waals surface area contributed by atoms with Crippen molar-refractivity contribution in [1.82, 2.24) is 5.32 Å². The molecule has 5 heteroatoms. The summed E-state index contributed by atoms with van der Waals surface area (Å²) in [5.74, 6) is -0.0626. The van der Waals surface area contributed by atoms with Crippen molar-refractivity contribution in [2.45, 2.75) is 6.42 Å². The highest BCUT2D eigenvalue weighted by Gasteiger charge is 1.99. The van der Waals surface area contributed by atoms with Crippen LogP contribution in [-0.4, -0.2) is 31.2 Å². The van der Waals surface area contributed by atoms with Crippen molar-refractivity contribution in [3.8, 4) is 0 Å². The van der Waals surface area contributed by atoms with E-state index in [4.69, 9.17) is 5.11 Å². The van der Waals surface area contributed by atoms with E-state index in [2.05, 4.69) is 10.6 Å². The Kier molecular flexibility index (Phi) is 7.54. The normalized spacial score (nSPS) is 9.38. The number of nitrogens with one attached hydrogen (secondary N) is 2. The second-order valence-electron chi connectivity index (χ2n) is 3.25. The smallest absolute Gasteiger partial charge is 0.238 e. The van der Waals surface area contributed by atoms with Crippen molar-refractivity contribution in [2.24, 2.45) is 0 Å². The molecule has 0 saturated carbocycles. The lowest BCUT2D eigenvalue weighted by atomic mass is 10.1. The lowest BCUT2D eigenvalue weighted by molar-refractivity contribution is -0.115. The first-order valence-electron chi connectivity index (χ1n) is 4.90. The first-order chi connectivity index (χ1) is 7.26. The molecule has 0 atom stereocenters. The van der Waals surface area contributed by atoms with Gasteiger partial charge in [-0.05, 0) is 31.2 Å². The van der Waals surface area contributed by atoms with Crippen molar-refractivity contribution in [2.75, 3.05) is 25.5 Å². The van der Waals surface area contributed by atoms with Crippen LogP contribution >= 0.6 is 12.4 Å². The van der Waals surface area contributed by atoms with Crippen LogP contribution in [0, 0.1) is 0 Å². The summed E-state index contributed by atoms with van der Waals surface area (Å²) in [6.45, 7) is 0.448. The molecular weight excluding hydrogens is 228 g/mol. The van der Waals surface area contributed by atoms with Gasteiger partial charge in [-0.3, -0.25) is 4.79 Å². The number of hydrogen-bond acceptors (Lipinski definition) is 3. The first-order valence-corrected chi connectivity index (χ1v) is 4.90. The molecule has 90 valence electrons. The van der Waals surface area contributed by atoms with Crippen LogP contribution in [0.15, 0.2) is 24.3 Å². The maximum absolute atomic E-state index is 11.2. The number of carbonyl (C=O) groups is 1. The van der Waals surface area contributed by atoms with Gasteiger partial charge in [0, 0.05) is 12.3 Å². The summed E-state index contributed by atoms with van der Waals surface area (Å²) in [6.07, 6.45) is 0.644. The van der Waals surface area contributed by atoms with Gasteiger partial charge in [-0.25, -0.2) is 0 Å². The van der Waals surface area contributed by atoms with Crippen molar-refractivity contribution in [3.63, 3.8) is 0 Å². The molecule has 3 N–H and O–H groups in total. The summed E-state index contributed by atoms with van der Waals surface area (Å²) in [6, 6.07) is 7.45. The molecule has 1 aromatic rings. The molecule has 1 aromatic carbocycles. The third-order valence-corrected chi connectivity index (χ3v) is 1.98. The van der Waals surface area contributed by atoms with E-state index in [0.717, 1.165) is 11.3 Å². The highest BCUT2D eigenvalue weighted by Crippen LogP contribution is 2.09. The molecule has 0 fully saturated rings. The van der Waals surface area contributed by atoms with Crippen LogP contribution in [0.4, 0.5) is 5.69 Å². The average Bonchev–Trinajstić information content (AvgIpc) is 2.22. The van der Waals surface area contributed by atoms with Gasteiger partial charge in [-0.15, -0.1) is 12.4 Å². The third kappa shape index (κ3) is 5.11. The van der Waals surface area contributed by atoms with E-state index in [1.165, 1.54) is 0 Å². The molecule has 1 rings (SSSR count). The Balaban J connectivity index is 0.00000225. The van der Waals surface area contributed by atoms with Gasteiger partial charge in [0.05, 0.1) is 6.54 Å². The number of likely N-dealkylation sites (N-methyl/N-ethyl adjacent to an activating group) is 1. The minimum atomic E-state index is -0.0626. The number of halogens is 1. The van der Waals surface area contributed by atoms with Crippen LogP contribution < -0.4 is 10.6 Å². The number of carbonyl (C=O) groups excluding carboxylic acids is 1. The van der Waals surface area contributed by atoms with Gasteiger partial charge >= 0.3 is 0 Å². The Labute approximate surface area is 101 Å². The van der Waals surface area contributed by atoms with Crippen LogP contribution in [0.25, 0.3) is 0 Å². The number of benzene rings is 1. The lowest BCUT2D eigenvalue weighted by Gasteiger charge is -2.05. The molecule has 0 aliphatic heterocycles. The number of aliphatic hydroxyl groups is 1. The van der Waals surface area contributed by atoms with Gasteiger partial charge in [-0.2, -0.15) is 0 Å². The van der Waals surface area contributed by atoms with E-state index >= 15 is 0 Å². The molecule has 0 saturated heterocycles. The zero-order valence-corrected chi connectivity index (χ0v) is 10.0. The molecule has 4 nitrogen and oxygen atoms in total. The van der Waals surface area contributed by atoms with E-state index < -0.39 is 0 Å². The fourth-order valence-electron chi connectivity index (χ4n) is 1.25. The van der Waals surface area contributed by atoms with Gasteiger partial charge in [0.1, 0.15) is 0 Å². The standard InChI is InChI=1S/C11H16N2O2.ClH/c1-12-8-11(15)13-10-4-2-9(3-5-10)6-7-14;/h2-5,12,14H,6-8H2,1H3,(H,13,15);1H. The van der Waals surface area contributed by atoms with Crippen molar-refractivity contribution < 1.29 is 9.90 Å². The number of aliphatic hydroxyl groups excluding tert-OH is 1. The summed E-state index contributed by atoms with van der Waals surface area (Å²) in [4.78, 5) is 11.2. The van der Waals surface area contributed by atoms with Crippen LogP contribution in [0.3, 0.4) is 0 Å². The van der Waals surface area contributed by atoms with Crippen molar-refractivity contribution >= 4 is 24.0 Å². The summed E-state index contributed by atoms with van der Waals surface area (Å²) < 4.78 is 0. The molecule has 0 bridgehead atoms. The largest absolute Gasteiger partial charge is 0.396 e. The molecule has 0 aliphatic carbocycles. The topological polar surface area (TPSA) is 61.4 Å². The molecule has 0 aromatic heterocycles. The van der Waals surface area contributed by atoms with E-state index in [0.29, 0.717) is 13.0 Å². The Bertz CT molecular complexity index is 314. The highest BCUT2D eigenvalue weighted by atomic mass is 35.5. The van der Waals surface area contributed by atoms with Gasteiger partial charge in [0.2, 0.25) is 5.91 Å². The zero-order valence-electron chi connectivity index (χ0n) is 9.19. The summed E-state index contributed by atoms with van der Waals surface area (Å²) in [5.41, 5.74) is 1.83. The monoisotopic (exact) mass is 244 g/mol. The second-order valence-corrected chi connectivity index (χ2v) is 3.25. The minimum absolute atomic E-state index is 0. The Hall–Kier alpha value is -1.10. The van der Waals surface area contributed by atoms with Crippen LogP contribution in [-0.2, 0) is 11.2 Å². The Morgan fingerprint density at radius 3 is 2.44 bits per heavy atom. The summed E-state index contributed by atoms with van der Waals surface area (Å²) in [5, 5.41) is 14.2. The second kappa shape index (κ2) is 8.10. The van der Waals surface area contributed by atoms with Crippen molar-refractivity contribution in [3.05, 3.63) is 29.8 Å². The van der Waals surface area contributed by atoms with Gasteiger partial charge in [0.25, 0.3) is 0 Å². The van der Waals surface area contributed by atoms with E-state index in [1.807, 2.05) is 24.3 Å². The fourth-order valence-corrected chi connectivity index (χ4v) is 1.25. The number of rotatable bonds is 5. The van der Waals surface area contributed by atoms with Crippen LogP contribution in [0.1, 0.15) is 5.56 Å². The maximum Gasteiger partial charge on any atom is 0.238 e. The van der Waals surface area contributed by atoms with Gasteiger partial charge < -0.3 is 15.7 Å². The molecule has 0 spiro atoms. The SMILES string of the molecule is CNCC(=O)Nc1ccc(CCO)cc1.Cl. The molecule has 0 radical (unpaired) electrons. The van der Waals surface area contributed by atoms with E-state index in [1.54, 1.807) is 7.05 Å². The fraction of sp³-hybridized carbons (Fsp3) is 0.364. The third-order valence-electron chi connectivity index (χ3n) is 1.98. The summed E-state index contributed by atoms with van der Waals surface area (Å²) in [7, 11) is 1.73. The number of hydrogen-bond donors (Lipinski definition) is 3. The van der Waals surface area contributed by atoms with Gasteiger partial charge in [-0.1, -0.05) is 12.1 Å². The Morgan fingerprint density at radius 1 is 1.31 bits per heavy atom. The molecule has 0 aliphatic rings. The van der Waals surface area contributed by atoms with E-state index in [9.17, 15) is 4.79 Å². The molecule has 1 amide bonds. The predicted octanol–water partition coefficient (Wildman–Crippen LogP) is 0.801. The zero-order chi connectivity index (χ0) is 11.1. The Morgan fingerprint density at radius 2 is 1.94 bits per heavy atom. The van der Waals surface area contributed by atoms with Crippen molar-refractivity contribution in [1.29, 1.82) is 0 Å². The molecule has 0 unspecified atom stereocenters. The minimum Gasteiger partial charge on any atom is -0.396 e. The maximum atomic E-state index is 11.2. The van der Waals surface area contributed by atoms with Crippen LogP contribution in [0.2, 0.25) is 0 Å². The average molecular weight is 245 g/mol. The molecule has 0 heterocycles. The van der Waals surface area contributed by atoms with E-state index in [-0.39, 0.29) is 24.9 Å². The summed E-state index contributed by atoms with van der Waals surface area (Å²) >= 11 is 0. The predicted molar refractivity (Wildman–Crippen MR) is 67.0 cm³/mol. The number of anilines is 1. The van der Waals surface area contributed by atoms with Crippen LogP contribution in [0.5, 0.6) is 0 Å². The molecule has 16 heavy (non-hydrogen) atoms. The number of amides is 1. The first kappa shape index (κ1) is 14.9. The molecular formula is C11H17ClN2O2. The lowest BCUT2D eigenvalue weighted by Crippen LogP contribution is -2.24. The van der Waals surface area contributed by atoms with Gasteiger partial charge in [0.15, 0.2) is 0 Å². The quantitative estimate of drug-likeness (QED) is 0.718.